The molecule has 3 rings (SSSR count). The average molecular weight is 272 g/mol. The summed E-state index contributed by atoms with van der Waals surface area (Å²) in [5.74, 6) is 0.711. The zero-order chi connectivity index (χ0) is 13.2. The number of amides is 1. The number of anilines is 1. The number of ether oxygens (including phenoxy) is 1. The lowest BCUT2D eigenvalue weighted by Crippen LogP contribution is -2.06. The van der Waals surface area contributed by atoms with E-state index >= 15 is 0 Å². The van der Waals surface area contributed by atoms with E-state index in [-0.39, 0.29) is 5.91 Å². The van der Waals surface area contributed by atoms with E-state index in [1.165, 1.54) is 23.0 Å². The number of carbonyl (C=O) groups is 1. The lowest BCUT2D eigenvalue weighted by Gasteiger charge is -2.01. The molecule has 4 nitrogen and oxygen atoms in total. The third-order valence-electron chi connectivity index (χ3n) is 2.90. The maximum absolute atomic E-state index is 11.2. The van der Waals surface area contributed by atoms with Crippen molar-refractivity contribution in [2.45, 2.75) is 6.42 Å². The summed E-state index contributed by atoms with van der Waals surface area (Å²) >= 11 is 1.40. The molecule has 2 aromatic rings. The normalized spacial score (nSPS) is 12.6. The van der Waals surface area contributed by atoms with Crippen molar-refractivity contribution in [1.29, 1.82) is 0 Å². The van der Waals surface area contributed by atoms with E-state index in [0.717, 1.165) is 30.0 Å². The number of benzene rings is 1. The number of nitrogens with zero attached hydrogens (tertiary/aromatic N) is 1. The van der Waals surface area contributed by atoms with Crippen LogP contribution in [0.5, 0.6) is 5.75 Å². The Morgan fingerprint density at radius 2 is 2.42 bits per heavy atom. The Morgan fingerprint density at radius 3 is 3.26 bits per heavy atom. The van der Waals surface area contributed by atoms with Gasteiger partial charge >= 0.3 is 0 Å². The fraction of sp³-hybridized carbons (Fsp3) is 0.143. The molecule has 1 aliphatic heterocycles. The van der Waals surface area contributed by atoms with E-state index < -0.39 is 0 Å². The van der Waals surface area contributed by atoms with Gasteiger partial charge in [0.05, 0.1) is 12.3 Å². The summed E-state index contributed by atoms with van der Waals surface area (Å²) in [6, 6.07) is 6.05. The molecule has 5 heteroatoms. The van der Waals surface area contributed by atoms with Crippen molar-refractivity contribution < 1.29 is 9.53 Å². The van der Waals surface area contributed by atoms with Crippen molar-refractivity contribution in [3.05, 3.63) is 41.8 Å². The molecular formula is C14H12N2O2S. The second kappa shape index (κ2) is 4.85. The van der Waals surface area contributed by atoms with Crippen LogP contribution in [-0.2, 0) is 11.2 Å². The summed E-state index contributed by atoms with van der Waals surface area (Å²) in [5.41, 5.74) is 3.11. The first kappa shape index (κ1) is 11.9. The fourth-order valence-corrected chi connectivity index (χ4v) is 2.69. The molecule has 0 fully saturated rings. The van der Waals surface area contributed by atoms with Gasteiger partial charge in [0.2, 0.25) is 5.91 Å². The zero-order valence-electron chi connectivity index (χ0n) is 10.2. The zero-order valence-corrected chi connectivity index (χ0v) is 11.0. The standard InChI is InChI=1S/C14H12N2O2S/c1-2-13(17)16-14-15-11(8-19-14)9-3-4-12-10(7-9)5-6-18-12/h2-4,7-8H,1,5-6H2,(H,15,16,17). The Balaban J connectivity index is 1.86. The first-order chi connectivity index (χ1) is 9.26. The number of aromatic nitrogens is 1. The van der Waals surface area contributed by atoms with E-state index in [2.05, 4.69) is 22.9 Å². The van der Waals surface area contributed by atoms with Crippen LogP contribution in [0.1, 0.15) is 5.56 Å². The summed E-state index contributed by atoms with van der Waals surface area (Å²) in [7, 11) is 0. The van der Waals surface area contributed by atoms with Gasteiger partial charge in [-0.15, -0.1) is 11.3 Å². The van der Waals surface area contributed by atoms with Crippen LogP contribution in [0.3, 0.4) is 0 Å². The van der Waals surface area contributed by atoms with Crippen molar-refractivity contribution in [2.24, 2.45) is 0 Å². The first-order valence-corrected chi connectivity index (χ1v) is 6.79. The summed E-state index contributed by atoms with van der Waals surface area (Å²) in [5, 5.41) is 5.17. The highest BCUT2D eigenvalue weighted by atomic mass is 32.1. The number of fused-ring (bicyclic) bond motifs is 1. The number of nitrogens with one attached hydrogen (secondary N) is 1. The Morgan fingerprint density at radius 1 is 1.53 bits per heavy atom. The molecule has 0 spiro atoms. The summed E-state index contributed by atoms with van der Waals surface area (Å²) < 4.78 is 5.48. The Hall–Kier alpha value is -2.14. The van der Waals surface area contributed by atoms with Gasteiger partial charge in [0.15, 0.2) is 5.13 Å². The third-order valence-corrected chi connectivity index (χ3v) is 3.66. The maximum Gasteiger partial charge on any atom is 0.249 e. The predicted octanol–water partition coefficient (Wildman–Crippen LogP) is 2.87. The molecule has 96 valence electrons. The molecular weight excluding hydrogens is 260 g/mol. The minimum atomic E-state index is -0.247. The Bertz CT molecular complexity index is 649. The smallest absolute Gasteiger partial charge is 0.249 e. The van der Waals surface area contributed by atoms with Crippen molar-refractivity contribution >= 4 is 22.4 Å². The highest BCUT2D eigenvalue weighted by Gasteiger charge is 2.14. The van der Waals surface area contributed by atoms with Gasteiger partial charge in [-0.05, 0) is 29.8 Å². The lowest BCUT2D eigenvalue weighted by atomic mass is 10.1. The number of hydrogen-bond acceptors (Lipinski definition) is 4. The topological polar surface area (TPSA) is 51.2 Å². The van der Waals surface area contributed by atoms with Crippen LogP contribution in [0, 0.1) is 0 Å². The molecule has 2 heterocycles. The fourth-order valence-electron chi connectivity index (χ4n) is 1.97. The minimum Gasteiger partial charge on any atom is -0.493 e. The van der Waals surface area contributed by atoms with Crippen molar-refractivity contribution in [3.8, 4) is 17.0 Å². The Labute approximate surface area is 114 Å². The van der Waals surface area contributed by atoms with Crippen LogP contribution in [0.25, 0.3) is 11.3 Å². The van der Waals surface area contributed by atoms with Gasteiger partial charge in [-0.3, -0.25) is 10.1 Å². The van der Waals surface area contributed by atoms with Gasteiger partial charge in [0, 0.05) is 17.4 Å². The SMILES string of the molecule is C=CC(=O)Nc1nc(-c2ccc3c(c2)CCO3)cs1. The van der Waals surface area contributed by atoms with Gasteiger partial charge in [0.25, 0.3) is 0 Å². The lowest BCUT2D eigenvalue weighted by molar-refractivity contribution is -0.111. The number of carbonyl (C=O) groups excluding carboxylic acids is 1. The molecule has 0 saturated heterocycles. The summed E-state index contributed by atoms with van der Waals surface area (Å²) in [6.45, 7) is 4.16. The molecule has 19 heavy (non-hydrogen) atoms. The van der Waals surface area contributed by atoms with Gasteiger partial charge in [-0.2, -0.15) is 0 Å². The van der Waals surface area contributed by atoms with Gasteiger partial charge < -0.3 is 4.74 Å². The molecule has 1 aliphatic rings. The molecule has 0 bridgehead atoms. The molecule has 0 radical (unpaired) electrons. The molecule has 0 unspecified atom stereocenters. The maximum atomic E-state index is 11.2. The number of rotatable bonds is 3. The molecule has 0 atom stereocenters. The third kappa shape index (κ3) is 2.37. The largest absolute Gasteiger partial charge is 0.493 e. The van der Waals surface area contributed by atoms with Crippen LogP contribution in [0.2, 0.25) is 0 Å². The second-order valence-electron chi connectivity index (χ2n) is 4.15. The first-order valence-electron chi connectivity index (χ1n) is 5.91. The van der Waals surface area contributed by atoms with E-state index in [4.69, 9.17) is 4.74 Å². The van der Waals surface area contributed by atoms with E-state index in [9.17, 15) is 4.79 Å². The molecule has 0 aliphatic carbocycles. The number of hydrogen-bond donors (Lipinski definition) is 1. The molecule has 1 aromatic heterocycles. The molecule has 1 amide bonds. The minimum absolute atomic E-state index is 0.247. The molecule has 1 aromatic carbocycles. The highest BCUT2D eigenvalue weighted by Crippen LogP contribution is 2.31. The van der Waals surface area contributed by atoms with Gasteiger partial charge in [0.1, 0.15) is 5.75 Å². The van der Waals surface area contributed by atoms with Crippen molar-refractivity contribution in [3.63, 3.8) is 0 Å². The quantitative estimate of drug-likeness (QED) is 0.874. The highest BCUT2D eigenvalue weighted by molar-refractivity contribution is 7.14. The molecule has 1 N–H and O–H groups in total. The van der Waals surface area contributed by atoms with Crippen molar-refractivity contribution in [1.82, 2.24) is 4.98 Å². The van der Waals surface area contributed by atoms with Crippen LogP contribution in [-0.4, -0.2) is 17.5 Å². The van der Waals surface area contributed by atoms with E-state index in [1.54, 1.807) is 0 Å². The monoisotopic (exact) mass is 272 g/mol. The predicted molar refractivity (Wildman–Crippen MR) is 75.6 cm³/mol. The van der Waals surface area contributed by atoms with E-state index in [1.807, 2.05) is 17.5 Å². The van der Waals surface area contributed by atoms with Crippen LogP contribution >= 0.6 is 11.3 Å². The van der Waals surface area contributed by atoms with Crippen LogP contribution in [0.4, 0.5) is 5.13 Å². The van der Waals surface area contributed by atoms with E-state index in [0.29, 0.717) is 5.13 Å². The van der Waals surface area contributed by atoms with Gasteiger partial charge in [-0.1, -0.05) is 6.58 Å². The van der Waals surface area contributed by atoms with Crippen LogP contribution in [0.15, 0.2) is 36.2 Å². The molecule has 0 saturated carbocycles. The average Bonchev–Trinajstić information content (AvgIpc) is 3.05. The van der Waals surface area contributed by atoms with Crippen LogP contribution < -0.4 is 10.1 Å². The van der Waals surface area contributed by atoms with Crippen molar-refractivity contribution in [2.75, 3.05) is 11.9 Å². The second-order valence-corrected chi connectivity index (χ2v) is 5.01. The Kier molecular flexibility index (Phi) is 3.05. The summed E-state index contributed by atoms with van der Waals surface area (Å²) in [6.07, 6.45) is 2.17. The number of thiazole rings is 1. The van der Waals surface area contributed by atoms with Gasteiger partial charge in [-0.25, -0.2) is 4.98 Å². The summed E-state index contributed by atoms with van der Waals surface area (Å²) in [4.78, 5) is 15.6.